The molecule has 28 heavy (non-hydrogen) atoms. The van der Waals surface area contributed by atoms with Crippen molar-refractivity contribution in [1.29, 1.82) is 0 Å². The van der Waals surface area contributed by atoms with E-state index >= 15 is 0 Å². The minimum Gasteiger partial charge on any atom is -0.449 e. The lowest BCUT2D eigenvalue weighted by atomic mass is 9.86. The fourth-order valence-corrected chi connectivity index (χ4v) is 4.08. The van der Waals surface area contributed by atoms with Gasteiger partial charge in [0, 0.05) is 19.0 Å². The number of benzene rings is 1. The van der Waals surface area contributed by atoms with Gasteiger partial charge in [0.1, 0.15) is 0 Å². The number of hydrogen-bond donors (Lipinski definition) is 1. The highest BCUT2D eigenvalue weighted by molar-refractivity contribution is 6.34. The molecule has 2 aliphatic rings. The van der Waals surface area contributed by atoms with Crippen LogP contribution >= 0.6 is 11.6 Å². The van der Waals surface area contributed by atoms with Crippen molar-refractivity contribution in [3.8, 4) is 0 Å². The molecule has 1 aliphatic carbocycles. The number of nitrogens with one attached hydrogen (secondary N) is 1. The standard InChI is InChI=1S/C21H27ClN2O4/c1-13-6-3-4-7-17(13)23-20(26)14(2)28-21(27)15-9-10-16(22)18(12-15)24-11-5-8-19(24)25/h9-10,12-14,17H,3-8,11H2,1-2H3,(H,23,26)/t13-,14+,17+/m0/s1. The Bertz CT molecular complexity index is 767. The van der Waals surface area contributed by atoms with Crippen LogP contribution in [0.3, 0.4) is 0 Å². The number of carbonyl (C=O) groups is 3. The van der Waals surface area contributed by atoms with E-state index in [0.29, 0.717) is 29.6 Å². The number of ether oxygens (including phenoxy) is 1. The second-order valence-corrected chi connectivity index (χ2v) is 8.15. The first kappa shape index (κ1) is 20.6. The molecule has 0 unspecified atom stereocenters. The molecule has 1 N–H and O–H groups in total. The molecule has 1 aromatic rings. The molecule has 3 rings (SSSR count). The van der Waals surface area contributed by atoms with Gasteiger partial charge in [-0.25, -0.2) is 4.79 Å². The molecule has 0 spiro atoms. The van der Waals surface area contributed by atoms with E-state index in [1.54, 1.807) is 30.0 Å². The zero-order chi connectivity index (χ0) is 20.3. The summed E-state index contributed by atoms with van der Waals surface area (Å²) in [5, 5.41) is 3.41. The van der Waals surface area contributed by atoms with Crippen LogP contribution in [0.5, 0.6) is 0 Å². The maximum Gasteiger partial charge on any atom is 0.338 e. The largest absolute Gasteiger partial charge is 0.449 e. The zero-order valence-electron chi connectivity index (χ0n) is 16.4. The smallest absolute Gasteiger partial charge is 0.338 e. The summed E-state index contributed by atoms with van der Waals surface area (Å²) in [7, 11) is 0. The van der Waals surface area contributed by atoms with Crippen molar-refractivity contribution in [3.05, 3.63) is 28.8 Å². The maximum absolute atomic E-state index is 12.5. The Morgan fingerprint density at radius 3 is 2.68 bits per heavy atom. The molecule has 6 nitrogen and oxygen atoms in total. The summed E-state index contributed by atoms with van der Waals surface area (Å²) >= 11 is 6.21. The van der Waals surface area contributed by atoms with Gasteiger partial charge in [-0.15, -0.1) is 0 Å². The lowest BCUT2D eigenvalue weighted by molar-refractivity contribution is -0.130. The third-order valence-corrected chi connectivity index (χ3v) is 5.96. The predicted molar refractivity (Wildman–Crippen MR) is 107 cm³/mol. The SMILES string of the molecule is C[C@@H](OC(=O)c1ccc(Cl)c(N2CCCC2=O)c1)C(=O)N[C@@H]1CCCC[C@@H]1C. The molecule has 0 radical (unpaired) electrons. The minimum absolute atomic E-state index is 0.0123. The molecule has 2 fully saturated rings. The fraction of sp³-hybridized carbons (Fsp3) is 0.571. The monoisotopic (exact) mass is 406 g/mol. The van der Waals surface area contributed by atoms with E-state index in [1.807, 2.05) is 0 Å². The van der Waals surface area contributed by atoms with Gasteiger partial charge in [-0.2, -0.15) is 0 Å². The molecule has 1 saturated carbocycles. The van der Waals surface area contributed by atoms with Crippen molar-refractivity contribution in [3.63, 3.8) is 0 Å². The van der Waals surface area contributed by atoms with E-state index < -0.39 is 12.1 Å². The quantitative estimate of drug-likeness (QED) is 0.756. The van der Waals surface area contributed by atoms with Crippen molar-refractivity contribution in [2.75, 3.05) is 11.4 Å². The average Bonchev–Trinajstić information content (AvgIpc) is 3.09. The zero-order valence-corrected chi connectivity index (χ0v) is 17.1. The molecule has 1 heterocycles. The van der Waals surface area contributed by atoms with Gasteiger partial charge in [-0.05, 0) is 50.3 Å². The molecule has 0 bridgehead atoms. The summed E-state index contributed by atoms with van der Waals surface area (Å²) in [6.45, 7) is 4.28. The molecular weight excluding hydrogens is 380 g/mol. The van der Waals surface area contributed by atoms with E-state index in [4.69, 9.17) is 16.3 Å². The maximum atomic E-state index is 12.5. The number of amides is 2. The molecule has 0 aromatic heterocycles. The third-order valence-electron chi connectivity index (χ3n) is 5.64. The van der Waals surface area contributed by atoms with Gasteiger partial charge < -0.3 is 15.0 Å². The average molecular weight is 407 g/mol. The Balaban J connectivity index is 1.63. The Morgan fingerprint density at radius 2 is 2.00 bits per heavy atom. The van der Waals surface area contributed by atoms with Crippen molar-refractivity contribution in [1.82, 2.24) is 5.32 Å². The van der Waals surface area contributed by atoms with Crippen LogP contribution in [0.4, 0.5) is 5.69 Å². The molecule has 1 aliphatic heterocycles. The van der Waals surface area contributed by atoms with Gasteiger partial charge in [0.05, 0.1) is 16.3 Å². The Kier molecular flexibility index (Phi) is 6.60. The first-order valence-corrected chi connectivity index (χ1v) is 10.4. The van der Waals surface area contributed by atoms with E-state index in [0.717, 1.165) is 25.7 Å². The second kappa shape index (κ2) is 8.95. The number of nitrogens with zero attached hydrogens (tertiary/aromatic N) is 1. The lowest BCUT2D eigenvalue weighted by Crippen LogP contribution is -2.46. The Morgan fingerprint density at radius 1 is 1.25 bits per heavy atom. The molecular formula is C21H27ClN2O4. The van der Waals surface area contributed by atoms with Crippen LogP contribution < -0.4 is 10.2 Å². The first-order chi connectivity index (χ1) is 13.4. The number of anilines is 1. The first-order valence-electron chi connectivity index (χ1n) is 9.98. The summed E-state index contributed by atoms with van der Waals surface area (Å²) in [6.07, 6.45) is 4.69. The highest BCUT2D eigenvalue weighted by atomic mass is 35.5. The summed E-state index contributed by atoms with van der Waals surface area (Å²) < 4.78 is 5.36. The van der Waals surface area contributed by atoms with Crippen molar-refractivity contribution >= 4 is 35.1 Å². The van der Waals surface area contributed by atoms with Gasteiger partial charge in [-0.1, -0.05) is 31.4 Å². The molecule has 152 valence electrons. The Hall–Kier alpha value is -2.08. The number of halogens is 1. The van der Waals surface area contributed by atoms with E-state index in [-0.39, 0.29) is 23.4 Å². The normalized spacial score (nSPS) is 23.4. The predicted octanol–water partition coefficient (Wildman–Crippen LogP) is 3.71. The van der Waals surface area contributed by atoms with Crippen LogP contribution in [0.1, 0.15) is 62.7 Å². The molecule has 1 aromatic carbocycles. The number of hydrogen-bond acceptors (Lipinski definition) is 4. The second-order valence-electron chi connectivity index (χ2n) is 7.74. The van der Waals surface area contributed by atoms with Crippen LogP contribution in [0, 0.1) is 5.92 Å². The number of carbonyl (C=O) groups excluding carboxylic acids is 3. The van der Waals surface area contributed by atoms with E-state index in [9.17, 15) is 14.4 Å². The van der Waals surface area contributed by atoms with Gasteiger partial charge >= 0.3 is 5.97 Å². The summed E-state index contributed by atoms with van der Waals surface area (Å²) in [4.78, 5) is 38.5. The summed E-state index contributed by atoms with van der Waals surface area (Å²) in [5.74, 6) is -0.473. The number of rotatable bonds is 5. The van der Waals surface area contributed by atoms with Crippen LogP contribution in [0.15, 0.2) is 18.2 Å². The molecule has 1 saturated heterocycles. The summed E-state index contributed by atoms with van der Waals surface area (Å²) in [5.41, 5.74) is 0.775. The van der Waals surface area contributed by atoms with Gasteiger partial charge in [0.2, 0.25) is 5.91 Å². The number of esters is 1. The molecule has 2 amide bonds. The van der Waals surface area contributed by atoms with Crippen LogP contribution in [0.2, 0.25) is 5.02 Å². The van der Waals surface area contributed by atoms with Gasteiger partial charge in [0.25, 0.3) is 5.91 Å². The van der Waals surface area contributed by atoms with Crippen LogP contribution in [-0.4, -0.2) is 36.5 Å². The molecule has 7 heteroatoms. The van der Waals surface area contributed by atoms with Crippen LogP contribution in [-0.2, 0) is 14.3 Å². The fourth-order valence-electron chi connectivity index (χ4n) is 3.86. The summed E-state index contributed by atoms with van der Waals surface area (Å²) in [6, 6.07) is 4.81. The van der Waals surface area contributed by atoms with Crippen molar-refractivity contribution in [2.24, 2.45) is 5.92 Å². The highest BCUT2D eigenvalue weighted by Gasteiger charge is 2.28. The van der Waals surface area contributed by atoms with Crippen molar-refractivity contribution in [2.45, 2.75) is 64.5 Å². The Labute approximate surface area is 170 Å². The lowest BCUT2D eigenvalue weighted by Gasteiger charge is -2.30. The minimum atomic E-state index is -0.894. The van der Waals surface area contributed by atoms with E-state index in [2.05, 4.69) is 12.2 Å². The van der Waals surface area contributed by atoms with Gasteiger partial charge in [-0.3, -0.25) is 9.59 Å². The van der Waals surface area contributed by atoms with Crippen molar-refractivity contribution < 1.29 is 19.1 Å². The van der Waals surface area contributed by atoms with Gasteiger partial charge in [0.15, 0.2) is 6.10 Å². The third kappa shape index (κ3) is 4.66. The van der Waals surface area contributed by atoms with E-state index in [1.165, 1.54) is 6.42 Å². The topological polar surface area (TPSA) is 75.7 Å². The molecule has 3 atom stereocenters. The highest BCUT2D eigenvalue weighted by Crippen LogP contribution is 2.30. The van der Waals surface area contributed by atoms with Crippen LogP contribution in [0.25, 0.3) is 0 Å².